The van der Waals surface area contributed by atoms with Gasteiger partial charge in [0, 0.05) is 24.5 Å². The molecule has 1 aromatic rings. The first-order valence-corrected chi connectivity index (χ1v) is 7.41. The van der Waals surface area contributed by atoms with E-state index >= 15 is 0 Å². The monoisotopic (exact) mass is 299 g/mol. The standard InChI is InChI=1S/C13H22BrN3/c1-4-17-12(7-11(3)15-17)8-16-6-5-10(2)13(14)9-16/h7,10,13H,4-6,8-9H2,1-3H3. The number of alkyl halides is 1. The molecule has 1 saturated heterocycles. The number of hydrogen-bond donors (Lipinski definition) is 0. The molecule has 0 N–H and O–H groups in total. The van der Waals surface area contributed by atoms with Gasteiger partial charge in [0.25, 0.3) is 0 Å². The maximum absolute atomic E-state index is 4.51. The lowest BCUT2D eigenvalue weighted by Gasteiger charge is -2.34. The zero-order valence-corrected chi connectivity index (χ0v) is 12.6. The average Bonchev–Trinajstić information content (AvgIpc) is 2.64. The van der Waals surface area contributed by atoms with E-state index in [0.29, 0.717) is 4.83 Å². The van der Waals surface area contributed by atoms with Crippen molar-refractivity contribution in [3.63, 3.8) is 0 Å². The lowest BCUT2D eigenvalue weighted by molar-refractivity contribution is 0.189. The molecule has 2 rings (SSSR count). The summed E-state index contributed by atoms with van der Waals surface area (Å²) in [6, 6.07) is 2.21. The van der Waals surface area contributed by atoms with Gasteiger partial charge in [-0.1, -0.05) is 22.9 Å². The predicted octanol–water partition coefficient (Wildman–Crippen LogP) is 2.82. The summed E-state index contributed by atoms with van der Waals surface area (Å²) in [5, 5.41) is 4.51. The Labute approximate surface area is 112 Å². The Hall–Kier alpha value is -0.350. The number of likely N-dealkylation sites (tertiary alicyclic amines) is 1. The van der Waals surface area contributed by atoms with Crippen LogP contribution in [0.15, 0.2) is 6.07 Å². The molecule has 2 unspecified atom stereocenters. The van der Waals surface area contributed by atoms with E-state index in [4.69, 9.17) is 0 Å². The van der Waals surface area contributed by atoms with E-state index in [-0.39, 0.29) is 0 Å². The van der Waals surface area contributed by atoms with Crippen molar-refractivity contribution in [2.24, 2.45) is 5.92 Å². The molecule has 2 heterocycles. The summed E-state index contributed by atoms with van der Waals surface area (Å²) in [7, 11) is 0. The fraction of sp³-hybridized carbons (Fsp3) is 0.769. The lowest BCUT2D eigenvalue weighted by atomic mass is 9.99. The number of piperidine rings is 1. The van der Waals surface area contributed by atoms with Crippen molar-refractivity contribution in [3.8, 4) is 0 Å². The van der Waals surface area contributed by atoms with Crippen LogP contribution in [0.4, 0.5) is 0 Å². The van der Waals surface area contributed by atoms with Gasteiger partial charge in [-0.15, -0.1) is 0 Å². The first-order chi connectivity index (χ1) is 8.10. The number of aromatic nitrogens is 2. The number of hydrogen-bond acceptors (Lipinski definition) is 2. The van der Waals surface area contributed by atoms with Crippen molar-refractivity contribution in [2.45, 2.75) is 45.1 Å². The third-order valence-corrected chi connectivity index (χ3v) is 4.81. The Morgan fingerprint density at radius 3 is 2.94 bits per heavy atom. The number of rotatable bonds is 3. The fourth-order valence-electron chi connectivity index (χ4n) is 2.46. The van der Waals surface area contributed by atoms with E-state index in [1.54, 1.807) is 0 Å². The van der Waals surface area contributed by atoms with Gasteiger partial charge in [-0.2, -0.15) is 5.10 Å². The van der Waals surface area contributed by atoms with Crippen LogP contribution in [-0.2, 0) is 13.1 Å². The highest BCUT2D eigenvalue weighted by Crippen LogP contribution is 2.24. The minimum atomic E-state index is 0.635. The van der Waals surface area contributed by atoms with Gasteiger partial charge in [-0.3, -0.25) is 9.58 Å². The molecule has 0 spiro atoms. The van der Waals surface area contributed by atoms with Crippen molar-refractivity contribution in [2.75, 3.05) is 13.1 Å². The topological polar surface area (TPSA) is 21.1 Å². The first kappa shape index (κ1) is 13.1. The second-order valence-electron chi connectivity index (χ2n) is 5.11. The van der Waals surface area contributed by atoms with Crippen LogP contribution in [0, 0.1) is 12.8 Å². The highest BCUT2D eigenvalue weighted by atomic mass is 79.9. The van der Waals surface area contributed by atoms with Gasteiger partial charge in [0.1, 0.15) is 0 Å². The van der Waals surface area contributed by atoms with Crippen LogP contribution in [0.3, 0.4) is 0 Å². The average molecular weight is 300 g/mol. The highest BCUT2D eigenvalue weighted by Gasteiger charge is 2.24. The van der Waals surface area contributed by atoms with Gasteiger partial charge in [0.2, 0.25) is 0 Å². The van der Waals surface area contributed by atoms with Crippen molar-refractivity contribution >= 4 is 15.9 Å². The van der Waals surface area contributed by atoms with Gasteiger partial charge in [0.05, 0.1) is 11.4 Å². The maximum Gasteiger partial charge on any atom is 0.0597 e. The van der Waals surface area contributed by atoms with Gasteiger partial charge in [-0.05, 0) is 38.8 Å². The second kappa shape index (κ2) is 5.53. The van der Waals surface area contributed by atoms with Gasteiger partial charge in [-0.25, -0.2) is 0 Å². The van der Waals surface area contributed by atoms with E-state index in [2.05, 4.69) is 57.4 Å². The molecule has 0 amide bonds. The minimum absolute atomic E-state index is 0.635. The van der Waals surface area contributed by atoms with Crippen LogP contribution in [0.5, 0.6) is 0 Å². The molecule has 0 aromatic carbocycles. The summed E-state index contributed by atoms with van der Waals surface area (Å²) in [6.07, 6.45) is 1.29. The quantitative estimate of drug-likeness (QED) is 0.800. The third kappa shape index (κ3) is 3.10. The largest absolute Gasteiger partial charge is 0.296 e. The Balaban J connectivity index is 2.00. The molecule has 1 aliphatic rings. The molecule has 0 radical (unpaired) electrons. The van der Waals surface area contributed by atoms with E-state index in [0.717, 1.165) is 31.2 Å². The number of nitrogens with zero attached hydrogens (tertiary/aromatic N) is 3. The molecule has 4 heteroatoms. The van der Waals surface area contributed by atoms with E-state index in [9.17, 15) is 0 Å². The van der Waals surface area contributed by atoms with Crippen molar-refractivity contribution < 1.29 is 0 Å². The summed E-state index contributed by atoms with van der Waals surface area (Å²) in [5.74, 6) is 0.795. The van der Waals surface area contributed by atoms with Gasteiger partial charge in [0.15, 0.2) is 0 Å². The summed E-state index contributed by atoms with van der Waals surface area (Å²) < 4.78 is 2.12. The van der Waals surface area contributed by atoms with Gasteiger partial charge >= 0.3 is 0 Å². The maximum atomic E-state index is 4.51. The van der Waals surface area contributed by atoms with Crippen molar-refractivity contribution in [1.82, 2.24) is 14.7 Å². The zero-order chi connectivity index (χ0) is 12.4. The van der Waals surface area contributed by atoms with Crippen LogP contribution >= 0.6 is 15.9 Å². The number of aryl methyl sites for hydroxylation is 2. The molecular weight excluding hydrogens is 278 g/mol. The number of halogens is 1. The SMILES string of the molecule is CCn1nc(C)cc1CN1CCC(C)C(Br)C1. The lowest BCUT2D eigenvalue weighted by Crippen LogP contribution is -2.39. The van der Waals surface area contributed by atoms with E-state index in [1.807, 2.05) is 0 Å². The predicted molar refractivity (Wildman–Crippen MR) is 74.4 cm³/mol. The molecule has 0 saturated carbocycles. The molecular formula is C13H22BrN3. The van der Waals surface area contributed by atoms with Crippen LogP contribution in [0.2, 0.25) is 0 Å². The Morgan fingerprint density at radius 2 is 2.29 bits per heavy atom. The summed E-state index contributed by atoms with van der Waals surface area (Å²) in [5.41, 5.74) is 2.47. The molecule has 0 bridgehead atoms. The third-order valence-electron chi connectivity index (χ3n) is 3.62. The minimum Gasteiger partial charge on any atom is -0.296 e. The van der Waals surface area contributed by atoms with E-state index < -0.39 is 0 Å². The van der Waals surface area contributed by atoms with E-state index in [1.165, 1.54) is 18.7 Å². The molecule has 17 heavy (non-hydrogen) atoms. The highest BCUT2D eigenvalue weighted by molar-refractivity contribution is 9.09. The molecule has 96 valence electrons. The van der Waals surface area contributed by atoms with Crippen LogP contribution in [0.25, 0.3) is 0 Å². The molecule has 2 atom stereocenters. The van der Waals surface area contributed by atoms with Crippen molar-refractivity contribution in [3.05, 3.63) is 17.5 Å². The Bertz CT molecular complexity index is 375. The molecule has 1 fully saturated rings. The molecule has 1 aliphatic heterocycles. The molecule has 0 aliphatic carbocycles. The van der Waals surface area contributed by atoms with Gasteiger partial charge < -0.3 is 0 Å². The summed E-state index contributed by atoms with van der Waals surface area (Å²) >= 11 is 3.78. The summed E-state index contributed by atoms with van der Waals surface area (Å²) in [4.78, 5) is 3.16. The normalized spacial score (nSPS) is 26.4. The zero-order valence-electron chi connectivity index (χ0n) is 11.0. The molecule has 3 nitrogen and oxygen atoms in total. The smallest absolute Gasteiger partial charge is 0.0597 e. The summed E-state index contributed by atoms with van der Waals surface area (Å²) in [6.45, 7) is 10.9. The first-order valence-electron chi connectivity index (χ1n) is 6.50. The Kier molecular flexibility index (Phi) is 4.26. The second-order valence-corrected chi connectivity index (χ2v) is 6.29. The van der Waals surface area contributed by atoms with Crippen LogP contribution in [0.1, 0.15) is 31.7 Å². The van der Waals surface area contributed by atoms with Crippen LogP contribution in [-0.4, -0.2) is 32.6 Å². The molecule has 1 aromatic heterocycles. The Morgan fingerprint density at radius 1 is 1.53 bits per heavy atom. The van der Waals surface area contributed by atoms with Crippen molar-refractivity contribution in [1.29, 1.82) is 0 Å². The fourth-order valence-corrected chi connectivity index (χ4v) is 3.13. The van der Waals surface area contributed by atoms with Crippen LogP contribution < -0.4 is 0 Å².